The average molecular weight is 462 g/mol. The molecular formula is C28H28ClNO3. The van der Waals surface area contributed by atoms with E-state index in [9.17, 15) is 4.79 Å². The summed E-state index contributed by atoms with van der Waals surface area (Å²) in [6, 6.07) is 21.2. The number of anilines is 1. The van der Waals surface area contributed by atoms with Crippen molar-refractivity contribution in [3.05, 3.63) is 94.5 Å². The van der Waals surface area contributed by atoms with E-state index < -0.39 is 0 Å². The molecule has 0 atom stereocenters. The molecule has 0 aromatic heterocycles. The highest BCUT2D eigenvalue weighted by molar-refractivity contribution is 6.30. The lowest BCUT2D eigenvalue weighted by atomic mass is 10.0. The van der Waals surface area contributed by atoms with Crippen LogP contribution in [0.15, 0.2) is 72.8 Å². The monoisotopic (exact) mass is 461 g/mol. The van der Waals surface area contributed by atoms with Gasteiger partial charge < -0.3 is 14.4 Å². The largest absolute Gasteiger partial charge is 0.493 e. The Kier molecular flexibility index (Phi) is 7.69. The van der Waals surface area contributed by atoms with Gasteiger partial charge in [-0.1, -0.05) is 41.9 Å². The van der Waals surface area contributed by atoms with Crippen LogP contribution in [-0.2, 0) is 6.42 Å². The number of hydrogen-bond acceptors (Lipinski definition) is 4. The third kappa shape index (κ3) is 5.96. The second-order valence-electron chi connectivity index (χ2n) is 8.04. The van der Waals surface area contributed by atoms with Gasteiger partial charge in [-0.15, -0.1) is 0 Å². The number of benzene rings is 3. The van der Waals surface area contributed by atoms with E-state index >= 15 is 0 Å². The lowest BCUT2D eigenvalue weighted by molar-refractivity contribution is 0.104. The Hall–Kier alpha value is -3.24. The van der Waals surface area contributed by atoms with Crippen LogP contribution in [0.3, 0.4) is 0 Å². The molecule has 0 bridgehead atoms. The van der Waals surface area contributed by atoms with Crippen molar-refractivity contribution in [1.82, 2.24) is 0 Å². The molecule has 1 aliphatic rings. The Morgan fingerprint density at radius 2 is 1.88 bits per heavy atom. The Labute approximate surface area is 200 Å². The predicted molar refractivity (Wildman–Crippen MR) is 135 cm³/mol. The summed E-state index contributed by atoms with van der Waals surface area (Å²) in [5.74, 6) is 1.28. The summed E-state index contributed by atoms with van der Waals surface area (Å²) in [4.78, 5) is 14.8. The van der Waals surface area contributed by atoms with Crippen molar-refractivity contribution in [2.75, 3.05) is 31.7 Å². The van der Waals surface area contributed by atoms with Crippen molar-refractivity contribution < 1.29 is 14.3 Å². The van der Waals surface area contributed by atoms with E-state index in [0.29, 0.717) is 28.7 Å². The molecule has 1 aliphatic heterocycles. The minimum Gasteiger partial charge on any atom is -0.493 e. The van der Waals surface area contributed by atoms with Crippen molar-refractivity contribution in [2.45, 2.75) is 19.3 Å². The van der Waals surface area contributed by atoms with Gasteiger partial charge in [0.1, 0.15) is 0 Å². The number of fused-ring (bicyclic) bond motifs is 1. The Morgan fingerprint density at radius 1 is 1.06 bits per heavy atom. The number of ether oxygens (including phenoxy) is 2. The van der Waals surface area contributed by atoms with Crippen molar-refractivity contribution in [2.24, 2.45) is 0 Å². The van der Waals surface area contributed by atoms with Crippen molar-refractivity contribution in [1.29, 1.82) is 0 Å². The van der Waals surface area contributed by atoms with Crippen LogP contribution in [0.2, 0.25) is 5.02 Å². The molecule has 4 nitrogen and oxygen atoms in total. The molecule has 0 N–H and O–H groups in total. The van der Waals surface area contributed by atoms with Gasteiger partial charge in [-0.05, 0) is 78.9 Å². The van der Waals surface area contributed by atoms with E-state index in [-0.39, 0.29) is 5.78 Å². The van der Waals surface area contributed by atoms with Crippen molar-refractivity contribution in [3.63, 3.8) is 0 Å². The van der Waals surface area contributed by atoms with Gasteiger partial charge in [0.15, 0.2) is 17.3 Å². The SMILES string of the molecule is COc1cc(/C=C/C(=O)c2ccc(Cl)cc2)ccc1OCCCN1CCCc2ccccc21. The normalized spacial score (nSPS) is 13.1. The first kappa shape index (κ1) is 22.9. The lowest BCUT2D eigenvalue weighted by Gasteiger charge is -2.31. The summed E-state index contributed by atoms with van der Waals surface area (Å²) in [7, 11) is 1.62. The summed E-state index contributed by atoms with van der Waals surface area (Å²) < 4.78 is 11.5. The van der Waals surface area contributed by atoms with E-state index in [1.807, 2.05) is 18.2 Å². The number of hydrogen-bond donors (Lipinski definition) is 0. The molecule has 0 unspecified atom stereocenters. The minimum absolute atomic E-state index is 0.0785. The Morgan fingerprint density at radius 3 is 2.70 bits per heavy atom. The fourth-order valence-electron chi connectivity index (χ4n) is 4.07. The number of para-hydroxylation sites is 1. The first-order valence-corrected chi connectivity index (χ1v) is 11.6. The van der Waals surface area contributed by atoms with Crippen LogP contribution in [0.1, 0.15) is 34.3 Å². The molecule has 5 heteroatoms. The van der Waals surface area contributed by atoms with Gasteiger partial charge in [0.05, 0.1) is 13.7 Å². The maximum atomic E-state index is 12.3. The molecule has 0 amide bonds. The molecule has 3 aromatic rings. The highest BCUT2D eigenvalue weighted by Crippen LogP contribution is 2.30. The molecule has 0 spiro atoms. The zero-order valence-corrected chi connectivity index (χ0v) is 19.6. The van der Waals surface area contributed by atoms with Gasteiger partial charge in [0, 0.05) is 29.4 Å². The van der Waals surface area contributed by atoms with E-state index in [2.05, 4.69) is 29.2 Å². The van der Waals surface area contributed by atoms with Crippen LogP contribution in [0.4, 0.5) is 5.69 Å². The highest BCUT2D eigenvalue weighted by atomic mass is 35.5. The van der Waals surface area contributed by atoms with Crippen LogP contribution in [-0.4, -0.2) is 32.6 Å². The molecule has 1 heterocycles. The van der Waals surface area contributed by atoms with Crippen LogP contribution in [0.5, 0.6) is 11.5 Å². The predicted octanol–water partition coefficient (Wildman–Crippen LogP) is 6.47. The quantitative estimate of drug-likeness (QED) is 0.208. The third-order valence-corrected chi connectivity index (χ3v) is 6.03. The van der Waals surface area contributed by atoms with Gasteiger partial charge in [0.2, 0.25) is 0 Å². The molecule has 3 aromatic carbocycles. The average Bonchev–Trinajstić information content (AvgIpc) is 2.86. The topological polar surface area (TPSA) is 38.8 Å². The van der Waals surface area contributed by atoms with Crippen LogP contribution >= 0.6 is 11.6 Å². The summed E-state index contributed by atoms with van der Waals surface area (Å²) in [6.45, 7) is 2.67. The van der Waals surface area contributed by atoms with Gasteiger partial charge in [-0.3, -0.25) is 4.79 Å². The maximum Gasteiger partial charge on any atom is 0.185 e. The van der Waals surface area contributed by atoms with Gasteiger partial charge >= 0.3 is 0 Å². The number of aryl methyl sites for hydroxylation is 1. The van der Waals surface area contributed by atoms with E-state index in [0.717, 1.165) is 31.5 Å². The third-order valence-electron chi connectivity index (χ3n) is 5.78. The van der Waals surface area contributed by atoms with Gasteiger partial charge in [0.25, 0.3) is 0 Å². The fraction of sp³-hybridized carbons (Fsp3) is 0.250. The standard InChI is InChI=1S/C28H28ClNO3/c1-32-28-20-21(9-15-26(31)23-11-13-24(29)14-12-23)10-16-27(28)33-19-5-18-30-17-4-7-22-6-2-3-8-25(22)30/h2-3,6,8-16,20H,4-5,7,17-19H2,1H3/b15-9+. The summed E-state index contributed by atoms with van der Waals surface area (Å²) in [5.41, 5.74) is 4.25. The van der Waals surface area contributed by atoms with E-state index in [4.69, 9.17) is 21.1 Å². The van der Waals surface area contributed by atoms with Gasteiger partial charge in [-0.25, -0.2) is 0 Å². The molecule has 4 rings (SSSR count). The number of carbonyl (C=O) groups is 1. The first-order chi connectivity index (χ1) is 16.1. The molecule has 0 fully saturated rings. The smallest absolute Gasteiger partial charge is 0.185 e. The van der Waals surface area contributed by atoms with Crippen LogP contribution in [0, 0.1) is 0 Å². The summed E-state index contributed by atoms with van der Waals surface area (Å²) >= 11 is 5.89. The molecule has 0 aliphatic carbocycles. The minimum atomic E-state index is -0.0785. The maximum absolute atomic E-state index is 12.3. The summed E-state index contributed by atoms with van der Waals surface area (Å²) in [6.07, 6.45) is 6.61. The second kappa shape index (κ2) is 11.1. The highest BCUT2D eigenvalue weighted by Gasteiger charge is 2.15. The van der Waals surface area contributed by atoms with Crippen molar-refractivity contribution in [3.8, 4) is 11.5 Å². The van der Waals surface area contributed by atoms with Crippen LogP contribution < -0.4 is 14.4 Å². The fourth-order valence-corrected chi connectivity index (χ4v) is 4.20. The number of carbonyl (C=O) groups excluding carboxylic acids is 1. The number of methoxy groups -OCH3 is 1. The number of allylic oxidation sites excluding steroid dienone is 1. The Balaban J connectivity index is 1.32. The zero-order chi connectivity index (χ0) is 23.0. The zero-order valence-electron chi connectivity index (χ0n) is 18.8. The van der Waals surface area contributed by atoms with E-state index in [1.54, 1.807) is 43.5 Å². The molecule has 33 heavy (non-hydrogen) atoms. The second-order valence-corrected chi connectivity index (χ2v) is 8.47. The Bertz CT molecular complexity index is 1120. The molecule has 0 saturated carbocycles. The molecule has 0 saturated heterocycles. The number of ketones is 1. The first-order valence-electron chi connectivity index (χ1n) is 11.3. The molecule has 170 valence electrons. The molecular weight excluding hydrogens is 434 g/mol. The lowest BCUT2D eigenvalue weighted by Crippen LogP contribution is -2.31. The van der Waals surface area contributed by atoms with Crippen molar-refractivity contribution >= 4 is 29.1 Å². The summed E-state index contributed by atoms with van der Waals surface area (Å²) in [5, 5.41) is 0.608. The molecule has 0 radical (unpaired) electrons. The number of nitrogens with zero attached hydrogens (tertiary/aromatic N) is 1. The van der Waals surface area contributed by atoms with Gasteiger partial charge in [-0.2, -0.15) is 0 Å². The number of halogens is 1. The number of rotatable bonds is 9. The van der Waals surface area contributed by atoms with Crippen LogP contribution in [0.25, 0.3) is 6.08 Å². The van der Waals surface area contributed by atoms with E-state index in [1.165, 1.54) is 17.7 Å².